The molecule has 0 aromatic heterocycles. The number of benzene rings is 1. The number of thioether (sulfide) groups is 1. The van der Waals surface area contributed by atoms with Crippen LogP contribution in [0.3, 0.4) is 0 Å². The first kappa shape index (κ1) is 14.2. The lowest BCUT2D eigenvalue weighted by atomic mass is 9.94. The van der Waals surface area contributed by atoms with Gasteiger partial charge in [-0.25, -0.2) is 0 Å². The van der Waals surface area contributed by atoms with Gasteiger partial charge in [-0.15, -0.1) is 0 Å². The van der Waals surface area contributed by atoms with E-state index in [-0.39, 0.29) is 5.91 Å². The van der Waals surface area contributed by atoms with Gasteiger partial charge in [-0.1, -0.05) is 0 Å². The van der Waals surface area contributed by atoms with Crippen molar-refractivity contribution in [3.8, 4) is 0 Å². The maximum atomic E-state index is 12.1. The third-order valence-electron chi connectivity index (χ3n) is 3.45. The molecule has 98 valence electrons. The Morgan fingerprint density at radius 3 is 2.39 bits per heavy atom. The van der Waals surface area contributed by atoms with Crippen LogP contribution in [0.1, 0.15) is 36.0 Å². The maximum Gasteiger partial charge on any atom is 0.251 e. The third kappa shape index (κ3) is 3.88. The van der Waals surface area contributed by atoms with E-state index in [9.17, 15) is 4.79 Å². The zero-order chi connectivity index (χ0) is 13.0. The van der Waals surface area contributed by atoms with Crippen molar-refractivity contribution in [3.05, 3.63) is 33.4 Å². The standard InChI is InChI=1S/C14H18INOS/c1-18-13-8-6-12(7-9-13)16-14(17)10-2-4-11(15)5-3-10/h2-5,12-13H,6-9H2,1H3,(H,16,17). The SMILES string of the molecule is CSC1CCC(NC(=O)c2ccc(I)cc2)CC1. The zero-order valence-corrected chi connectivity index (χ0v) is 13.5. The monoisotopic (exact) mass is 375 g/mol. The number of halogens is 1. The van der Waals surface area contributed by atoms with Crippen LogP contribution in [0.2, 0.25) is 0 Å². The summed E-state index contributed by atoms with van der Waals surface area (Å²) < 4.78 is 1.16. The molecule has 1 saturated carbocycles. The van der Waals surface area contributed by atoms with Gasteiger partial charge in [0, 0.05) is 20.4 Å². The number of hydrogen-bond donors (Lipinski definition) is 1. The van der Waals surface area contributed by atoms with E-state index < -0.39 is 0 Å². The summed E-state index contributed by atoms with van der Waals surface area (Å²) in [6, 6.07) is 8.09. The molecule has 1 aliphatic carbocycles. The van der Waals surface area contributed by atoms with Crippen molar-refractivity contribution < 1.29 is 4.79 Å². The highest BCUT2D eigenvalue weighted by Gasteiger charge is 2.21. The van der Waals surface area contributed by atoms with Gasteiger partial charge in [-0.2, -0.15) is 11.8 Å². The topological polar surface area (TPSA) is 29.1 Å². The van der Waals surface area contributed by atoms with Gasteiger partial charge in [0.25, 0.3) is 5.91 Å². The van der Waals surface area contributed by atoms with Crippen molar-refractivity contribution in [1.29, 1.82) is 0 Å². The molecule has 1 aromatic rings. The lowest BCUT2D eigenvalue weighted by Crippen LogP contribution is -2.38. The van der Waals surface area contributed by atoms with Gasteiger partial charge in [0.2, 0.25) is 0 Å². The molecule has 0 bridgehead atoms. The Kier molecular flexibility index (Phi) is 5.36. The van der Waals surface area contributed by atoms with Crippen LogP contribution in [-0.4, -0.2) is 23.5 Å². The normalized spacial score (nSPS) is 23.7. The molecule has 1 aromatic carbocycles. The van der Waals surface area contributed by atoms with Crippen LogP contribution < -0.4 is 5.32 Å². The third-order valence-corrected chi connectivity index (χ3v) is 5.31. The molecular weight excluding hydrogens is 357 g/mol. The Morgan fingerprint density at radius 1 is 1.22 bits per heavy atom. The number of hydrogen-bond acceptors (Lipinski definition) is 2. The highest BCUT2D eigenvalue weighted by molar-refractivity contribution is 14.1. The lowest BCUT2D eigenvalue weighted by molar-refractivity contribution is 0.0928. The van der Waals surface area contributed by atoms with Gasteiger partial charge >= 0.3 is 0 Å². The molecule has 0 radical (unpaired) electrons. The zero-order valence-electron chi connectivity index (χ0n) is 10.5. The van der Waals surface area contributed by atoms with E-state index >= 15 is 0 Å². The summed E-state index contributed by atoms with van der Waals surface area (Å²) in [5.74, 6) is 0.0685. The second kappa shape index (κ2) is 6.80. The molecule has 0 aliphatic heterocycles. The van der Waals surface area contributed by atoms with Crippen LogP contribution in [-0.2, 0) is 0 Å². The number of carbonyl (C=O) groups excluding carboxylic acids is 1. The molecule has 1 aliphatic rings. The van der Waals surface area contributed by atoms with Crippen LogP contribution in [0.15, 0.2) is 24.3 Å². The first-order valence-electron chi connectivity index (χ1n) is 6.28. The molecule has 1 amide bonds. The first-order chi connectivity index (χ1) is 8.69. The molecule has 4 heteroatoms. The average molecular weight is 375 g/mol. The summed E-state index contributed by atoms with van der Waals surface area (Å²) in [6.45, 7) is 0. The fourth-order valence-electron chi connectivity index (χ4n) is 2.31. The Bertz CT molecular complexity index is 399. The summed E-state index contributed by atoms with van der Waals surface area (Å²) in [6.07, 6.45) is 6.84. The Hall–Kier alpha value is -0.230. The van der Waals surface area contributed by atoms with Crippen molar-refractivity contribution >= 4 is 40.3 Å². The number of rotatable bonds is 3. The summed E-state index contributed by atoms with van der Waals surface area (Å²) in [7, 11) is 0. The van der Waals surface area contributed by atoms with Crippen LogP contribution in [0.5, 0.6) is 0 Å². The second-order valence-corrected chi connectivity index (χ2v) is 7.07. The molecule has 0 heterocycles. The minimum Gasteiger partial charge on any atom is -0.349 e. The maximum absolute atomic E-state index is 12.1. The van der Waals surface area contributed by atoms with Crippen molar-refractivity contribution in [3.63, 3.8) is 0 Å². The number of carbonyl (C=O) groups is 1. The van der Waals surface area contributed by atoms with Crippen molar-refractivity contribution in [2.75, 3.05) is 6.26 Å². The van der Waals surface area contributed by atoms with Crippen molar-refractivity contribution in [2.24, 2.45) is 0 Å². The summed E-state index contributed by atoms with van der Waals surface area (Å²) in [5, 5.41) is 3.94. The Balaban J connectivity index is 1.86. The average Bonchev–Trinajstić information content (AvgIpc) is 2.40. The molecule has 0 unspecified atom stereocenters. The molecule has 0 spiro atoms. The minimum atomic E-state index is 0.0685. The summed E-state index contributed by atoms with van der Waals surface area (Å²) >= 11 is 4.20. The molecule has 0 saturated heterocycles. The van der Waals surface area contributed by atoms with Crippen molar-refractivity contribution in [1.82, 2.24) is 5.32 Å². The molecule has 1 N–H and O–H groups in total. The Labute approximate surface area is 126 Å². The van der Waals surface area contributed by atoms with Gasteiger partial charge in [-0.05, 0) is 78.8 Å². The van der Waals surface area contributed by atoms with Gasteiger partial charge in [-0.3, -0.25) is 4.79 Å². The number of nitrogens with one attached hydrogen (secondary N) is 1. The van der Waals surface area contributed by atoms with Gasteiger partial charge in [0.1, 0.15) is 0 Å². The van der Waals surface area contributed by atoms with Crippen LogP contribution >= 0.6 is 34.4 Å². The Morgan fingerprint density at radius 2 is 1.83 bits per heavy atom. The van der Waals surface area contributed by atoms with E-state index in [4.69, 9.17) is 0 Å². The largest absolute Gasteiger partial charge is 0.349 e. The first-order valence-corrected chi connectivity index (χ1v) is 8.65. The molecule has 2 rings (SSSR count). The van der Waals surface area contributed by atoms with Crippen LogP contribution in [0.25, 0.3) is 0 Å². The second-order valence-electron chi connectivity index (χ2n) is 4.69. The quantitative estimate of drug-likeness (QED) is 0.817. The van der Waals surface area contributed by atoms with Crippen molar-refractivity contribution in [2.45, 2.75) is 37.0 Å². The highest BCUT2D eigenvalue weighted by atomic mass is 127. The van der Waals surface area contributed by atoms with E-state index in [2.05, 4.69) is 34.2 Å². The molecule has 18 heavy (non-hydrogen) atoms. The van der Waals surface area contributed by atoms with E-state index in [0.29, 0.717) is 6.04 Å². The van der Waals surface area contributed by atoms with Crippen LogP contribution in [0.4, 0.5) is 0 Å². The lowest BCUT2D eigenvalue weighted by Gasteiger charge is -2.28. The van der Waals surface area contributed by atoms with Crippen LogP contribution in [0, 0.1) is 3.57 Å². The number of amides is 1. The van der Waals surface area contributed by atoms with E-state index in [1.54, 1.807) is 0 Å². The fourth-order valence-corrected chi connectivity index (χ4v) is 3.42. The molecule has 2 nitrogen and oxygen atoms in total. The minimum absolute atomic E-state index is 0.0685. The van der Waals surface area contributed by atoms with Gasteiger partial charge in [0.15, 0.2) is 0 Å². The van der Waals surface area contributed by atoms with E-state index in [1.165, 1.54) is 12.8 Å². The van der Waals surface area contributed by atoms with Gasteiger partial charge in [0.05, 0.1) is 0 Å². The fraction of sp³-hybridized carbons (Fsp3) is 0.500. The van der Waals surface area contributed by atoms with Gasteiger partial charge < -0.3 is 5.32 Å². The predicted octanol–water partition coefficient (Wildman–Crippen LogP) is 3.70. The summed E-state index contributed by atoms with van der Waals surface area (Å²) in [5.41, 5.74) is 0.766. The summed E-state index contributed by atoms with van der Waals surface area (Å²) in [4.78, 5) is 12.1. The highest BCUT2D eigenvalue weighted by Crippen LogP contribution is 2.26. The predicted molar refractivity (Wildman–Crippen MR) is 86.2 cm³/mol. The molecule has 0 atom stereocenters. The molecular formula is C14H18INOS. The smallest absolute Gasteiger partial charge is 0.251 e. The van der Waals surface area contributed by atoms with E-state index in [0.717, 1.165) is 27.2 Å². The molecule has 1 fully saturated rings. The van der Waals surface area contributed by atoms with E-state index in [1.807, 2.05) is 36.0 Å².